The van der Waals surface area contributed by atoms with Gasteiger partial charge in [-0.05, 0) is 69.0 Å². The molecule has 0 amide bonds. The molecule has 2 atom stereocenters. The molecule has 1 fully saturated rings. The molecule has 0 aliphatic heterocycles. The van der Waals surface area contributed by atoms with E-state index in [4.69, 9.17) is 11.6 Å². The smallest absolute Gasteiger partial charge is 0.0719 e. The lowest BCUT2D eigenvalue weighted by Crippen LogP contribution is -2.42. The highest BCUT2D eigenvalue weighted by molar-refractivity contribution is 6.31. The van der Waals surface area contributed by atoms with E-state index in [1.807, 2.05) is 0 Å². The van der Waals surface area contributed by atoms with Crippen LogP contribution in [-0.2, 0) is 12.8 Å². The molecule has 2 aliphatic rings. The van der Waals surface area contributed by atoms with Crippen molar-refractivity contribution in [1.82, 2.24) is 4.90 Å². The molecule has 0 spiro atoms. The predicted octanol–water partition coefficient (Wildman–Crippen LogP) is 3.78. The first-order chi connectivity index (χ1) is 9.99. The molecule has 3 rings (SSSR count). The van der Waals surface area contributed by atoms with E-state index in [1.54, 1.807) is 0 Å². The third-order valence-corrected chi connectivity index (χ3v) is 5.69. The molecule has 0 aromatic heterocycles. The number of likely N-dealkylation sites (N-methyl/N-ethyl adjacent to an activating group) is 1. The van der Waals surface area contributed by atoms with E-state index in [0.29, 0.717) is 5.92 Å². The van der Waals surface area contributed by atoms with Crippen LogP contribution in [0.2, 0.25) is 5.02 Å². The molecular formula is C18H26ClNO. The molecule has 2 nitrogen and oxygen atoms in total. The Morgan fingerprint density at radius 1 is 1.29 bits per heavy atom. The van der Waals surface area contributed by atoms with Crippen molar-refractivity contribution in [3.05, 3.63) is 33.8 Å². The number of hydrogen-bond donors (Lipinski definition) is 1. The van der Waals surface area contributed by atoms with Crippen LogP contribution >= 0.6 is 11.6 Å². The monoisotopic (exact) mass is 307 g/mol. The van der Waals surface area contributed by atoms with E-state index in [9.17, 15) is 5.11 Å². The van der Waals surface area contributed by atoms with Gasteiger partial charge in [0.15, 0.2) is 0 Å². The SMILES string of the molecule is CN(C)CCc1cc2c(cc1Cl)[C@H]1CCCC[C@@]1(O)CC2. The molecule has 1 aromatic rings. The van der Waals surface area contributed by atoms with Crippen molar-refractivity contribution in [2.75, 3.05) is 20.6 Å². The first kappa shape index (κ1) is 15.3. The van der Waals surface area contributed by atoms with Crippen molar-refractivity contribution in [2.45, 2.75) is 56.5 Å². The molecule has 0 unspecified atom stereocenters. The van der Waals surface area contributed by atoms with Gasteiger partial charge in [-0.3, -0.25) is 0 Å². The molecule has 0 radical (unpaired) electrons. The molecular weight excluding hydrogens is 282 g/mol. The van der Waals surface area contributed by atoms with Crippen LogP contribution in [0.25, 0.3) is 0 Å². The number of fused-ring (bicyclic) bond motifs is 3. The molecule has 0 bridgehead atoms. The van der Waals surface area contributed by atoms with Crippen molar-refractivity contribution in [2.24, 2.45) is 0 Å². The summed E-state index contributed by atoms with van der Waals surface area (Å²) < 4.78 is 0. The van der Waals surface area contributed by atoms with Crippen molar-refractivity contribution in [3.8, 4) is 0 Å². The van der Waals surface area contributed by atoms with Gasteiger partial charge in [-0.25, -0.2) is 0 Å². The second-order valence-electron chi connectivity index (χ2n) is 7.10. The highest BCUT2D eigenvalue weighted by Gasteiger charge is 2.43. The Morgan fingerprint density at radius 3 is 2.86 bits per heavy atom. The largest absolute Gasteiger partial charge is 0.389 e. The third-order valence-electron chi connectivity index (χ3n) is 5.34. The summed E-state index contributed by atoms with van der Waals surface area (Å²) in [6.45, 7) is 1.02. The van der Waals surface area contributed by atoms with Crippen LogP contribution in [0.15, 0.2) is 12.1 Å². The van der Waals surface area contributed by atoms with Gasteiger partial charge >= 0.3 is 0 Å². The Balaban J connectivity index is 1.90. The second kappa shape index (κ2) is 5.91. The molecule has 116 valence electrons. The zero-order valence-electron chi connectivity index (χ0n) is 13.2. The lowest BCUT2D eigenvalue weighted by molar-refractivity contribution is -0.0300. The second-order valence-corrected chi connectivity index (χ2v) is 7.50. The Morgan fingerprint density at radius 2 is 2.10 bits per heavy atom. The summed E-state index contributed by atoms with van der Waals surface area (Å²) in [5, 5.41) is 11.8. The molecule has 1 N–H and O–H groups in total. The van der Waals surface area contributed by atoms with Gasteiger partial charge < -0.3 is 10.0 Å². The van der Waals surface area contributed by atoms with Crippen LogP contribution in [0.4, 0.5) is 0 Å². The lowest BCUT2D eigenvalue weighted by Gasteiger charge is -2.44. The zero-order chi connectivity index (χ0) is 15.0. The summed E-state index contributed by atoms with van der Waals surface area (Å²) >= 11 is 6.52. The van der Waals surface area contributed by atoms with Crippen molar-refractivity contribution in [1.29, 1.82) is 0 Å². The van der Waals surface area contributed by atoms with Gasteiger partial charge in [0, 0.05) is 17.5 Å². The third kappa shape index (κ3) is 2.99. The molecule has 2 aliphatic carbocycles. The summed E-state index contributed by atoms with van der Waals surface area (Å²) in [6.07, 6.45) is 7.36. The quantitative estimate of drug-likeness (QED) is 0.918. The van der Waals surface area contributed by atoms with E-state index in [0.717, 1.165) is 50.1 Å². The minimum Gasteiger partial charge on any atom is -0.389 e. The average molecular weight is 308 g/mol. The average Bonchev–Trinajstić information content (AvgIpc) is 2.44. The molecule has 21 heavy (non-hydrogen) atoms. The first-order valence-corrected chi connectivity index (χ1v) is 8.56. The Bertz CT molecular complexity index is 528. The molecule has 1 saturated carbocycles. The van der Waals surface area contributed by atoms with Gasteiger partial charge in [0.05, 0.1) is 5.60 Å². The summed E-state index contributed by atoms with van der Waals surface area (Å²) in [5.74, 6) is 0.301. The van der Waals surface area contributed by atoms with Gasteiger partial charge in [-0.15, -0.1) is 0 Å². The highest BCUT2D eigenvalue weighted by atomic mass is 35.5. The van der Waals surface area contributed by atoms with Gasteiger partial charge in [-0.2, -0.15) is 0 Å². The number of halogens is 1. The van der Waals surface area contributed by atoms with Crippen LogP contribution in [0.5, 0.6) is 0 Å². The number of hydrogen-bond acceptors (Lipinski definition) is 2. The van der Waals surface area contributed by atoms with Gasteiger partial charge in [-0.1, -0.05) is 30.5 Å². The maximum absolute atomic E-state index is 10.9. The molecule has 3 heteroatoms. The van der Waals surface area contributed by atoms with E-state index in [2.05, 4.69) is 31.1 Å². The number of aliphatic hydroxyl groups is 1. The minimum atomic E-state index is -0.472. The van der Waals surface area contributed by atoms with Gasteiger partial charge in [0.1, 0.15) is 0 Å². The molecule has 1 aromatic carbocycles. The fraction of sp³-hybridized carbons (Fsp3) is 0.667. The van der Waals surface area contributed by atoms with E-state index < -0.39 is 5.60 Å². The van der Waals surface area contributed by atoms with Crippen molar-refractivity contribution in [3.63, 3.8) is 0 Å². The predicted molar refractivity (Wildman–Crippen MR) is 88.2 cm³/mol. The van der Waals surface area contributed by atoms with Crippen LogP contribution in [0.1, 0.15) is 54.7 Å². The van der Waals surface area contributed by atoms with Crippen molar-refractivity contribution >= 4 is 11.6 Å². The maximum Gasteiger partial charge on any atom is 0.0719 e. The zero-order valence-corrected chi connectivity index (χ0v) is 13.9. The van der Waals surface area contributed by atoms with E-state index in [1.165, 1.54) is 23.1 Å². The number of aryl methyl sites for hydroxylation is 1. The molecule has 0 heterocycles. The highest BCUT2D eigenvalue weighted by Crippen LogP contribution is 2.48. The normalized spacial score (nSPS) is 28.3. The topological polar surface area (TPSA) is 23.5 Å². The van der Waals surface area contributed by atoms with Crippen LogP contribution in [-0.4, -0.2) is 36.2 Å². The van der Waals surface area contributed by atoms with Crippen LogP contribution in [0.3, 0.4) is 0 Å². The number of benzene rings is 1. The Kier molecular flexibility index (Phi) is 4.31. The summed E-state index contributed by atoms with van der Waals surface area (Å²) in [5.41, 5.74) is 3.52. The fourth-order valence-electron chi connectivity index (χ4n) is 4.08. The van der Waals surface area contributed by atoms with Crippen LogP contribution < -0.4 is 0 Å². The molecule has 0 saturated heterocycles. The summed E-state index contributed by atoms with van der Waals surface area (Å²) in [6, 6.07) is 4.46. The van der Waals surface area contributed by atoms with Crippen LogP contribution in [0, 0.1) is 0 Å². The van der Waals surface area contributed by atoms with E-state index in [-0.39, 0.29) is 0 Å². The minimum absolute atomic E-state index is 0.301. The Hall–Kier alpha value is -0.570. The van der Waals surface area contributed by atoms with Gasteiger partial charge in [0.25, 0.3) is 0 Å². The Labute approximate surface area is 133 Å². The maximum atomic E-state index is 10.9. The standard InChI is InChI=1S/C18H26ClNO/c1-20(2)10-7-14-11-13-6-9-18(21)8-4-3-5-16(18)15(13)12-17(14)19/h11-12,16,21H,3-10H2,1-2H3/t16-,18-/m1/s1. The van der Waals surface area contributed by atoms with E-state index >= 15 is 0 Å². The summed E-state index contributed by atoms with van der Waals surface area (Å²) in [4.78, 5) is 2.19. The van der Waals surface area contributed by atoms with Crippen molar-refractivity contribution < 1.29 is 5.11 Å². The summed E-state index contributed by atoms with van der Waals surface area (Å²) in [7, 11) is 4.18. The van der Waals surface area contributed by atoms with Gasteiger partial charge in [0.2, 0.25) is 0 Å². The first-order valence-electron chi connectivity index (χ1n) is 8.18. The lowest BCUT2D eigenvalue weighted by atomic mass is 9.65. The number of rotatable bonds is 3. The fourth-order valence-corrected chi connectivity index (χ4v) is 4.35. The number of nitrogens with zero attached hydrogens (tertiary/aromatic N) is 1.